The Morgan fingerprint density at radius 1 is 1.32 bits per heavy atom. The van der Waals surface area contributed by atoms with Gasteiger partial charge < -0.3 is 9.47 Å². The minimum atomic E-state index is -4.52. The Morgan fingerprint density at radius 3 is 2.64 bits per heavy atom. The third-order valence-corrected chi connectivity index (χ3v) is 3.17. The molecule has 0 saturated carbocycles. The van der Waals surface area contributed by atoms with Crippen molar-refractivity contribution in [2.75, 3.05) is 6.61 Å². The number of carbonyl (C=O) groups excluding carboxylic acids is 1. The number of ether oxygens (including phenoxy) is 2. The van der Waals surface area contributed by atoms with Gasteiger partial charge in [-0.3, -0.25) is 0 Å². The van der Waals surface area contributed by atoms with Crippen LogP contribution in [0.4, 0.5) is 13.2 Å². The molecule has 130 valence electrons. The zero-order chi connectivity index (χ0) is 18.6. The molecule has 1 aromatic heterocycles. The van der Waals surface area contributed by atoms with E-state index < -0.39 is 17.7 Å². The molecule has 0 aliphatic heterocycles. The lowest BCUT2D eigenvalue weighted by Crippen LogP contribution is -2.09. The average Bonchev–Trinajstić information content (AvgIpc) is 2.54. The lowest BCUT2D eigenvalue weighted by atomic mass is 10.1. The van der Waals surface area contributed by atoms with E-state index in [1.807, 2.05) is 6.07 Å². The first kappa shape index (κ1) is 18.3. The van der Waals surface area contributed by atoms with E-state index in [-0.39, 0.29) is 35.1 Å². The van der Waals surface area contributed by atoms with Crippen LogP contribution < -0.4 is 4.74 Å². The van der Waals surface area contributed by atoms with E-state index >= 15 is 0 Å². The average molecular weight is 350 g/mol. The molecule has 0 aliphatic carbocycles. The molecule has 0 fully saturated rings. The Kier molecular flexibility index (Phi) is 5.27. The quantitative estimate of drug-likeness (QED) is 0.771. The predicted molar refractivity (Wildman–Crippen MR) is 81.2 cm³/mol. The van der Waals surface area contributed by atoms with Crippen molar-refractivity contribution in [1.29, 1.82) is 5.26 Å². The third kappa shape index (κ3) is 4.26. The van der Waals surface area contributed by atoms with E-state index in [0.717, 1.165) is 12.1 Å². The predicted octanol–water partition coefficient (Wildman–Crippen LogP) is 4.25. The highest BCUT2D eigenvalue weighted by Gasteiger charge is 2.30. The van der Waals surface area contributed by atoms with E-state index in [2.05, 4.69) is 4.98 Å². The van der Waals surface area contributed by atoms with Gasteiger partial charge in [0.2, 0.25) is 5.88 Å². The SMILES string of the molecule is CCOC(=O)c1cc(C#N)c(Oc2cccc(C(F)(F)F)c2)nc1C. The van der Waals surface area contributed by atoms with Gasteiger partial charge in [-0.25, -0.2) is 9.78 Å². The molecule has 0 atom stereocenters. The van der Waals surface area contributed by atoms with Crippen LogP contribution in [0.25, 0.3) is 0 Å². The topological polar surface area (TPSA) is 72.2 Å². The van der Waals surface area contributed by atoms with Crippen LogP contribution >= 0.6 is 0 Å². The van der Waals surface area contributed by atoms with Crippen molar-refractivity contribution in [3.05, 3.63) is 52.7 Å². The number of aromatic nitrogens is 1. The van der Waals surface area contributed by atoms with Gasteiger partial charge in [-0.15, -0.1) is 0 Å². The Balaban J connectivity index is 2.39. The number of hydrogen-bond acceptors (Lipinski definition) is 5. The highest BCUT2D eigenvalue weighted by atomic mass is 19.4. The van der Waals surface area contributed by atoms with Crippen molar-refractivity contribution in [2.45, 2.75) is 20.0 Å². The molecule has 2 rings (SSSR count). The molecule has 1 heterocycles. The summed E-state index contributed by atoms with van der Waals surface area (Å²) < 4.78 is 48.5. The van der Waals surface area contributed by atoms with Gasteiger partial charge in [-0.2, -0.15) is 18.4 Å². The molecule has 0 unspecified atom stereocenters. The van der Waals surface area contributed by atoms with Crippen LogP contribution in [0.5, 0.6) is 11.6 Å². The lowest BCUT2D eigenvalue weighted by Gasteiger charge is -2.12. The Bertz CT molecular complexity index is 842. The minimum Gasteiger partial charge on any atom is -0.462 e. The van der Waals surface area contributed by atoms with Gasteiger partial charge in [0.15, 0.2) is 0 Å². The van der Waals surface area contributed by atoms with Crippen molar-refractivity contribution in [3.63, 3.8) is 0 Å². The summed E-state index contributed by atoms with van der Waals surface area (Å²) >= 11 is 0. The van der Waals surface area contributed by atoms with Gasteiger partial charge in [0.05, 0.1) is 23.4 Å². The molecule has 25 heavy (non-hydrogen) atoms. The van der Waals surface area contributed by atoms with Crippen molar-refractivity contribution >= 4 is 5.97 Å². The number of carbonyl (C=O) groups is 1. The second-order valence-corrected chi connectivity index (χ2v) is 4.93. The second kappa shape index (κ2) is 7.21. The van der Waals surface area contributed by atoms with Gasteiger partial charge in [0, 0.05) is 0 Å². The van der Waals surface area contributed by atoms with Gasteiger partial charge >= 0.3 is 12.1 Å². The van der Waals surface area contributed by atoms with Crippen molar-refractivity contribution in [1.82, 2.24) is 4.98 Å². The summed E-state index contributed by atoms with van der Waals surface area (Å²) in [6, 6.07) is 7.25. The summed E-state index contributed by atoms with van der Waals surface area (Å²) in [6.07, 6.45) is -4.52. The summed E-state index contributed by atoms with van der Waals surface area (Å²) in [6.45, 7) is 3.30. The van der Waals surface area contributed by atoms with E-state index in [4.69, 9.17) is 9.47 Å². The zero-order valence-electron chi connectivity index (χ0n) is 13.3. The van der Waals surface area contributed by atoms with Crippen LogP contribution in [-0.4, -0.2) is 17.6 Å². The fraction of sp³-hybridized carbons (Fsp3) is 0.235. The van der Waals surface area contributed by atoms with Crippen molar-refractivity contribution < 1.29 is 27.4 Å². The summed E-state index contributed by atoms with van der Waals surface area (Å²) in [4.78, 5) is 15.8. The van der Waals surface area contributed by atoms with Gasteiger partial charge in [-0.1, -0.05) is 6.07 Å². The molecule has 8 heteroatoms. The summed E-state index contributed by atoms with van der Waals surface area (Å²) in [5.74, 6) is -0.955. The van der Waals surface area contributed by atoms with Crippen LogP contribution in [-0.2, 0) is 10.9 Å². The molecule has 0 aliphatic rings. The fourth-order valence-electron chi connectivity index (χ4n) is 2.00. The molecule has 0 N–H and O–H groups in total. The molecule has 0 saturated heterocycles. The molecule has 0 spiro atoms. The van der Waals surface area contributed by atoms with Crippen LogP contribution in [0.15, 0.2) is 30.3 Å². The number of alkyl halides is 3. The number of halogens is 3. The minimum absolute atomic E-state index is 0.0916. The standard InChI is InChI=1S/C17H13F3N2O3/c1-3-24-16(23)14-7-11(9-21)15(22-10(14)2)25-13-6-4-5-12(8-13)17(18,19)20/h4-8H,3H2,1-2H3. The van der Waals surface area contributed by atoms with Crippen LogP contribution in [0.2, 0.25) is 0 Å². The summed E-state index contributed by atoms with van der Waals surface area (Å²) in [7, 11) is 0. The number of hydrogen-bond donors (Lipinski definition) is 0. The summed E-state index contributed by atoms with van der Waals surface area (Å²) in [5, 5.41) is 9.21. The number of pyridine rings is 1. The first-order valence-electron chi connectivity index (χ1n) is 7.20. The highest BCUT2D eigenvalue weighted by Crippen LogP contribution is 2.33. The maximum Gasteiger partial charge on any atom is 0.416 e. The first-order chi connectivity index (χ1) is 11.8. The largest absolute Gasteiger partial charge is 0.462 e. The molecular formula is C17H13F3N2O3. The maximum atomic E-state index is 12.8. The molecule has 0 amide bonds. The molecule has 1 aromatic carbocycles. The fourth-order valence-corrected chi connectivity index (χ4v) is 2.00. The smallest absolute Gasteiger partial charge is 0.416 e. The number of nitrogens with zero attached hydrogens (tertiary/aromatic N) is 2. The van der Waals surface area contributed by atoms with E-state index in [0.29, 0.717) is 0 Å². The second-order valence-electron chi connectivity index (χ2n) is 4.93. The molecule has 0 radical (unpaired) electrons. The normalized spacial score (nSPS) is 10.9. The van der Waals surface area contributed by atoms with E-state index in [9.17, 15) is 23.2 Å². The van der Waals surface area contributed by atoms with Crippen LogP contribution in [0.1, 0.15) is 34.1 Å². The lowest BCUT2D eigenvalue weighted by molar-refractivity contribution is -0.137. The Labute approximate surface area is 141 Å². The first-order valence-corrected chi connectivity index (χ1v) is 7.20. The molecule has 2 aromatic rings. The van der Waals surface area contributed by atoms with Gasteiger partial charge in [-0.05, 0) is 38.1 Å². The monoisotopic (exact) mass is 350 g/mol. The van der Waals surface area contributed by atoms with E-state index in [1.54, 1.807) is 6.92 Å². The molecule has 5 nitrogen and oxygen atoms in total. The summed E-state index contributed by atoms with van der Waals surface area (Å²) in [5.41, 5.74) is -0.649. The number of benzene rings is 1. The van der Waals surface area contributed by atoms with E-state index in [1.165, 1.54) is 25.1 Å². The number of esters is 1. The number of aryl methyl sites for hydroxylation is 1. The Hall–Kier alpha value is -3.08. The van der Waals surface area contributed by atoms with Gasteiger partial charge in [0.25, 0.3) is 0 Å². The zero-order valence-corrected chi connectivity index (χ0v) is 13.3. The Morgan fingerprint density at radius 2 is 2.04 bits per heavy atom. The van der Waals surface area contributed by atoms with Crippen molar-refractivity contribution in [3.8, 4) is 17.7 Å². The third-order valence-electron chi connectivity index (χ3n) is 3.17. The van der Waals surface area contributed by atoms with Crippen LogP contribution in [0.3, 0.4) is 0 Å². The number of rotatable bonds is 4. The number of nitriles is 1. The van der Waals surface area contributed by atoms with Crippen LogP contribution in [0, 0.1) is 18.3 Å². The highest BCUT2D eigenvalue weighted by molar-refractivity contribution is 5.91. The van der Waals surface area contributed by atoms with Crippen molar-refractivity contribution in [2.24, 2.45) is 0 Å². The maximum absolute atomic E-state index is 12.8. The molecular weight excluding hydrogens is 337 g/mol. The van der Waals surface area contributed by atoms with Gasteiger partial charge in [0.1, 0.15) is 17.4 Å². The molecule has 0 bridgehead atoms.